The van der Waals surface area contributed by atoms with Gasteiger partial charge in [-0.2, -0.15) is 0 Å². The predicted octanol–water partition coefficient (Wildman–Crippen LogP) is 2.90. The van der Waals surface area contributed by atoms with Gasteiger partial charge in [-0.25, -0.2) is 0 Å². The Morgan fingerprint density at radius 1 is 1.16 bits per heavy atom. The summed E-state index contributed by atoms with van der Waals surface area (Å²) in [6.07, 6.45) is 6.18. The fourth-order valence-electron chi connectivity index (χ4n) is 3.06. The molecule has 1 saturated heterocycles. The number of hydrogen-bond acceptors (Lipinski definition) is 3. The van der Waals surface area contributed by atoms with Gasteiger partial charge < -0.3 is 20.3 Å². The standard InChI is InChI=1S/C19H32N4O.HI/c1-20-19(22-12-15-23-13-4-3-5-14-23)21-11-7-9-17-8-6-10-18(16-17)24-2;/h6,8,10,16H,3-5,7,9,11-15H2,1-2H3,(H2,20,21,22);1H. The van der Waals surface area contributed by atoms with E-state index in [0.717, 1.165) is 44.2 Å². The molecule has 0 aliphatic carbocycles. The second-order valence-electron chi connectivity index (χ2n) is 6.28. The monoisotopic (exact) mass is 460 g/mol. The van der Waals surface area contributed by atoms with E-state index in [1.165, 1.54) is 37.9 Å². The summed E-state index contributed by atoms with van der Waals surface area (Å²) in [5.41, 5.74) is 1.31. The molecule has 5 nitrogen and oxygen atoms in total. The third-order valence-corrected chi connectivity index (χ3v) is 4.46. The number of aryl methyl sites for hydroxylation is 1. The number of methoxy groups -OCH3 is 1. The van der Waals surface area contributed by atoms with Crippen molar-refractivity contribution in [3.8, 4) is 5.75 Å². The van der Waals surface area contributed by atoms with Gasteiger partial charge in [0.2, 0.25) is 0 Å². The number of benzene rings is 1. The lowest BCUT2D eigenvalue weighted by atomic mass is 10.1. The lowest BCUT2D eigenvalue weighted by Gasteiger charge is -2.26. The van der Waals surface area contributed by atoms with Crippen LogP contribution in [-0.4, -0.2) is 57.7 Å². The number of ether oxygens (including phenoxy) is 1. The predicted molar refractivity (Wildman–Crippen MR) is 116 cm³/mol. The van der Waals surface area contributed by atoms with Crippen molar-refractivity contribution in [1.82, 2.24) is 15.5 Å². The van der Waals surface area contributed by atoms with Crippen LogP contribution in [0.4, 0.5) is 0 Å². The summed E-state index contributed by atoms with van der Waals surface area (Å²) in [5.74, 6) is 1.83. The van der Waals surface area contributed by atoms with E-state index in [2.05, 4.69) is 32.7 Å². The van der Waals surface area contributed by atoms with E-state index in [4.69, 9.17) is 4.74 Å². The zero-order valence-electron chi connectivity index (χ0n) is 15.6. The van der Waals surface area contributed by atoms with Gasteiger partial charge in [0.15, 0.2) is 5.96 Å². The number of nitrogens with one attached hydrogen (secondary N) is 2. The van der Waals surface area contributed by atoms with Crippen molar-refractivity contribution in [2.24, 2.45) is 4.99 Å². The minimum Gasteiger partial charge on any atom is -0.497 e. The van der Waals surface area contributed by atoms with Crippen LogP contribution in [0.5, 0.6) is 5.75 Å². The quantitative estimate of drug-likeness (QED) is 0.271. The van der Waals surface area contributed by atoms with Crippen LogP contribution in [0.1, 0.15) is 31.2 Å². The molecule has 0 amide bonds. The number of nitrogens with zero attached hydrogens (tertiary/aromatic N) is 2. The molecule has 0 spiro atoms. The number of aliphatic imine (C=N–C) groups is 1. The van der Waals surface area contributed by atoms with Crippen molar-refractivity contribution < 1.29 is 4.74 Å². The molecule has 1 aromatic carbocycles. The highest BCUT2D eigenvalue weighted by Crippen LogP contribution is 2.13. The maximum absolute atomic E-state index is 5.26. The molecule has 0 unspecified atom stereocenters. The summed E-state index contributed by atoms with van der Waals surface area (Å²) in [5, 5.41) is 6.81. The zero-order chi connectivity index (χ0) is 17.0. The van der Waals surface area contributed by atoms with Crippen LogP contribution in [0, 0.1) is 0 Å². The topological polar surface area (TPSA) is 48.9 Å². The van der Waals surface area contributed by atoms with Crippen LogP contribution in [0.3, 0.4) is 0 Å². The molecular weight excluding hydrogens is 427 g/mol. The molecule has 1 aliphatic rings. The van der Waals surface area contributed by atoms with Crippen LogP contribution in [-0.2, 0) is 6.42 Å². The summed E-state index contributed by atoms with van der Waals surface area (Å²) in [7, 11) is 3.54. The minimum absolute atomic E-state index is 0. The molecule has 1 heterocycles. The Kier molecular flexibility index (Phi) is 11.6. The van der Waals surface area contributed by atoms with Gasteiger partial charge >= 0.3 is 0 Å². The molecule has 0 bridgehead atoms. The van der Waals surface area contributed by atoms with Crippen LogP contribution in [0.25, 0.3) is 0 Å². The molecule has 142 valence electrons. The van der Waals surface area contributed by atoms with Crippen molar-refractivity contribution >= 4 is 29.9 Å². The summed E-state index contributed by atoms with van der Waals surface area (Å²) in [6, 6.07) is 8.28. The first kappa shape index (κ1) is 22.0. The molecule has 1 aliphatic heterocycles. The second-order valence-corrected chi connectivity index (χ2v) is 6.28. The lowest BCUT2D eigenvalue weighted by molar-refractivity contribution is 0.232. The maximum Gasteiger partial charge on any atom is 0.191 e. The number of hydrogen-bond donors (Lipinski definition) is 2. The summed E-state index contributed by atoms with van der Waals surface area (Å²) >= 11 is 0. The van der Waals surface area contributed by atoms with Gasteiger partial charge in [0.1, 0.15) is 5.75 Å². The van der Waals surface area contributed by atoms with Gasteiger partial charge in [0.05, 0.1) is 7.11 Å². The third-order valence-electron chi connectivity index (χ3n) is 4.46. The number of rotatable bonds is 8. The fourth-order valence-corrected chi connectivity index (χ4v) is 3.06. The van der Waals surface area contributed by atoms with E-state index in [-0.39, 0.29) is 24.0 Å². The largest absolute Gasteiger partial charge is 0.497 e. The Morgan fingerprint density at radius 2 is 1.92 bits per heavy atom. The van der Waals surface area contributed by atoms with Gasteiger partial charge in [-0.1, -0.05) is 18.6 Å². The summed E-state index contributed by atoms with van der Waals surface area (Å²) < 4.78 is 5.26. The van der Waals surface area contributed by atoms with E-state index in [0.29, 0.717) is 0 Å². The first-order chi connectivity index (χ1) is 11.8. The minimum atomic E-state index is 0. The van der Waals surface area contributed by atoms with Gasteiger partial charge in [0.25, 0.3) is 0 Å². The van der Waals surface area contributed by atoms with Gasteiger partial charge in [-0.3, -0.25) is 4.99 Å². The van der Waals surface area contributed by atoms with Crippen molar-refractivity contribution in [2.45, 2.75) is 32.1 Å². The first-order valence-electron chi connectivity index (χ1n) is 9.11. The first-order valence-corrected chi connectivity index (χ1v) is 9.11. The van der Waals surface area contributed by atoms with Gasteiger partial charge in [-0.05, 0) is 56.5 Å². The fraction of sp³-hybridized carbons (Fsp3) is 0.632. The number of piperidine rings is 1. The van der Waals surface area contributed by atoms with Crippen molar-refractivity contribution in [2.75, 3.05) is 46.9 Å². The molecule has 1 aromatic rings. The molecule has 2 rings (SSSR count). The molecule has 6 heteroatoms. The normalized spacial score (nSPS) is 15.4. The maximum atomic E-state index is 5.26. The Balaban J connectivity index is 0.00000312. The average Bonchev–Trinajstić information content (AvgIpc) is 2.64. The molecule has 2 N–H and O–H groups in total. The SMILES string of the molecule is CN=C(NCCCc1cccc(OC)c1)NCCN1CCCCC1.I. The van der Waals surface area contributed by atoms with E-state index < -0.39 is 0 Å². The number of guanidine groups is 1. The Morgan fingerprint density at radius 3 is 2.64 bits per heavy atom. The Hall–Kier alpha value is -1.02. The van der Waals surface area contributed by atoms with E-state index in [9.17, 15) is 0 Å². The van der Waals surface area contributed by atoms with Crippen LogP contribution < -0.4 is 15.4 Å². The number of likely N-dealkylation sites (tertiary alicyclic amines) is 1. The highest BCUT2D eigenvalue weighted by Gasteiger charge is 2.09. The Bertz CT molecular complexity index is 504. The van der Waals surface area contributed by atoms with E-state index in [1.807, 2.05) is 19.2 Å². The average molecular weight is 460 g/mol. The second kappa shape index (κ2) is 13.2. The summed E-state index contributed by atoms with van der Waals surface area (Å²) in [6.45, 7) is 5.46. The molecule has 25 heavy (non-hydrogen) atoms. The molecule has 0 radical (unpaired) electrons. The number of halogens is 1. The van der Waals surface area contributed by atoms with Gasteiger partial charge in [0, 0.05) is 26.7 Å². The van der Waals surface area contributed by atoms with Crippen LogP contribution in [0.15, 0.2) is 29.3 Å². The zero-order valence-corrected chi connectivity index (χ0v) is 17.9. The molecule has 0 saturated carbocycles. The van der Waals surface area contributed by atoms with Crippen LogP contribution in [0.2, 0.25) is 0 Å². The van der Waals surface area contributed by atoms with Gasteiger partial charge in [-0.15, -0.1) is 24.0 Å². The van der Waals surface area contributed by atoms with E-state index >= 15 is 0 Å². The summed E-state index contributed by atoms with van der Waals surface area (Å²) in [4.78, 5) is 6.83. The molecular formula is C19H33IN4O. The lowest BCUT2D eigenvalue weighted by Crippen LogP contribution is -2.42. The van der Waals surface area contributed by atoms with Crippen LogP contribution >= 0.6 is 24.0 Å². The van der Waals surface area contributed by atoms with Crippen molar-refractivity contribution in [3.63, 3.8) is 0 Å². The Labute approximate surface area is 169 Å². The highest BCUT2D eigenvalue weighted by molar-refractivity contribution is 14.0. The van der Waals surface area contributed by atoms with E-state index in [1.54, 1.807) is 7.11 Å². The van der Waals surface area contributed by atoms with Crippen molar-refractivity contribution in [1.29, 1.82) is 0 Å². The molecule has 1 fully saturated rings. The highest BCUT2D eigenvalue weighted by atomic mass is 127. The third kappa shape index (κ3) is 8.76. The smallest absolute Gasteiger partial charge is 0.191 e. The molecule has 0 aromatic heterocycles. The van der Waals surface area contributed by atoms with Crippen molar-refractivity contribution in [3.05, 3.63) is 29.8 Å². The molecule has 0 atom stereocenters.